The van der Waals surface area contributed by atoms with Gasteiger partial charge in [0.25, 0.3) is 0 Å². The van der Waals surface area contributed by atoms with Gasteiger partial charge in [0.15, 0.2) is 0 Å². The van der Waals surface area contributed by atoms with Gasteiger partial charge < -0.3 is 0 Å². The van der Waals surface area contributed by atoms with Crippen molar-refractivity contribution in [3.8, 4) is 0 Å². The highest BCUT2D eigenvalue weighted by atomic mass is 16.1. The topological polar surface area (TPSA) is 17.1 Å². The molecule has 0 N–H and O–H groups in total. The number of hydrogen-bond donors (Lipinski definition) is 0. The molecule has 2 aliphatic carbocycles. The van der Waals surface area contributed by atoms with Crippen LogP contribution in [0.25, 0.3) is 0 Å². The van der Waals surface area contributed by atoms with Crippen LogP contribution in [0.2, 0.25) is 0 Å². The summed E-state index contributed by atoms with van der Waals surface area (Å²) in [6.07, 6.45) is 9.83. The molecule has 0 saturated heterocycles. The molecular weight excluding hydrogens is 148 g/mol. The molecule has 0 amide bonds. The average molecular weight is 166 g/mol. The van der Waals surface area contributed by atoms with Crippen molar-refractivity contribution >= 4 is 5.78 Å². The molecule has 2 rings (SSSR count). The maximum Gasteiger partial charge on any atom is 0.135 e. The van der Waals surface area contributed by atoms with E-state index in [1.807, 2.05) is 0 Å². The molecule has 0 aromatic rings. The van der Waals surface area contributed by atoms with Crippen molar-refractivity contribution in [1.29, 1.82) is 0 Å². The van der Waals surface area contributed by atoms with Gasteiger partial charge in [0.05, 0.1) is 0 Å². The summed E-state index contributed by atoms with van der Waals surface area (Å²) >= 11 is 0. The molecule has 0 aromatic carbocycles. The van der Waals surface area contributed by atoms with Gasteiger partial charge in [-0.25, -0.2) is 0 Å². The Morgan fingerprint density at radius 3 is 2.75 bits per heavy atom. The lowest BCUT2D eigenvalue weighted by Gasteiger charge is -2.30. The van der Waals surface area contributed by atoms with Crippen molar-refractivity contribution in [2.24, 2.45) is 11.8 Å². The highest BCUT2D eigenvalue weighted by molar-refractivity contribution is 5.81. The van der Waals surface area contributed by atoms with E-state index in [2.05, 4.69) is 0 Å². The van der Waals surface area contributed by atoms with Gasteiger partial charge in [0, 0.05) is 12.3 Å². The van der Waals surface area contributed by atoms with E-state index >= 15 is 0 Å². The van der Waals surface area contributed by atoms with Gasteiger partial charge in [0.2, 0.25) is 0 Å². The molecule has 68 valence electrons. The first-order valence-electron chi connectivity index (χ1n) is 5.39. The van der Waals surface area contributed by atoms with Crippen LogP contribution in [-0.2, 0) is 4.79 Å². The Labute approximate surface area is 74.5 Å². The summed E-state index contributed by atoms with van der Waals surface area (Å²) in [6, 6.07) is 0. The third kappa shape index (κ3) is 1.70. The van der Waals surface area contributed by atoms with E-state index in [4.69, 9.17) is 0 Å². The fourth-order valence-electron chi connectivity index (χ4n) is 2.78. The van der Waals surface area contributed by atoms with Crippen LogP contribution in [0, 0.1) is 11.8 Å². The highest BCUT2D eigenvalue weighted by Crippen LogP contribution is 2.35. The minimum absolute atomic E-state index is 0.462. The van der Waals surface area contributed by atoms with Crippen molar-refractivity contribution in [3.63, 3.8) is 0 Å². The molecule has 2 atom stereocenters. The number of carbonyl (C=O) groups is 1. The summed E-state index contributed by atoms with van der Waals surface area (Å²) in [5.41, 5.74) is 0. The lowest BCUT2D eigenvalue weighted by atomic mass is 9.74. The number of carbonyl (C=O) groups excluding carboxylic acids is 1. The zero-order valence-corrected chi connectivity index (χ0v) is 7.72. The Morgan fingerprint density at radius 1 is 1.00 bits per heavy atom. The molecule has 1 nitrogen and oxygen atoms in total. The Kier molecular flexibility index (Phi) is 2.48. The Morgan fingerprint density at radius 2 is 1.83 bits per heavy atom. The van der Waals surface area contributed by atoms with Crippen LogP contribution in [0.5, 0.6) is 0 Å². The van der Waals surface area contributed by atoms with Crippen LogP contribution >= 0.6 is 0 Å². The van der Waals surface area contributed by atoms with Crippen LogP contribution in [0.4, 0.5) is 0 Å². The third-order valence-electron chi connectivity index (χ3n) is 3.52. The van der Waals surface area contributed by atoms with Gasteiger partial charge in [-0.3, -0.25) is 4.79 Å². The number of rotatable bonds is 0. The van der Waals surface area contributed by atoms with Gasteiger partial charge in [-0.05, 0) is 25.2 Å². The SMILES string of the molecule is O=C1CCCCC2CCC[C@@H]1C2. The molecule has 0 aromatic heterocycles. The Hall–Kier alpha value is -0.330. The van der Waals surface area contributed by atoms with E-state index in [0.717, 1.165) is 18.8 Å². The van der Waals surface area contributed by atoms with E-state index in [-0.39, 0.29) is 0 Å². The molecule has 1 unspecified atom stereocenters. The zero-order chi connectivity index (χ0) is 8.39. The number of ketones is 1. The molecule has 0 radical (unpaired) electrons. The van der Waals surface area contributed by atoms with Gasteiger partial charge in [-0.2, -0.15) is 0 Å². The predicted molar refractivity (Wildman–Crippen MR) is 48.9 cm³/mol. The minimum atomic E-state index is 0.462. The summed E-state index contributed by atoms with van der Waals surface area (Å²) < 4.78 is 0. The number of fused-ring (bicyclic) bond motifs is 2. The normalized spacial score (nSPS) is 37.2. The second-order valence-electron chi connectivity index (χ2n) is 4.44. The van der Waals surface area contributed by atoms with Gasteiger partial charge in [-0.15, -0.1) is 0 Å². The average Bonchev–Trinajstić information content (AvgIpc) is 2.11. The first-order chi connectivity index (χ1) is 5.86. The van der Waals surface area contributed by atoms with Crippen molar-refractivity contribution in [2.75, 3.05) is 0 Å². The summed E-state index contributed by atoms with van der Waals surface area (Å²) in [5.74, 6) is 1.93. The van der Waals surface area contributed by atoms with Gasteiger partial charge in [-0.1, -0.05) is 25.7 Å². The minimum Gasteiger partial charge on any atom is -0.299 e. The molecule has 0 heterocycles. The fourth-order valence-corrected chi connectivity index (χ4v) is 2.78. The first kappa shape index (κ1) is 8.28. The third-order valence-corrected chi connectivity index (χ3v) is 3.52. The lowest BCUT2D eigenvalue weighted by molar-refractivity contribution is -0.125. The van der Waals surface area contributed by atoms with E-state index < -0.39 is 0 Å². The molecule has 12 heavy (non-hydrogen) atoms. The fraction of sp³-hybridized carbons (Fsp3) is 0.909. The molecule has 2 bridgehead atoms. The van der Waals surface area contributed by atoms with Crippen molar-refractivity contribution in [1.82, 2.24) is 0 Å². The van der Waals surface area contributed by atoms with Crippen LogP contribution in [0.15, 0.2) is 0 Å². The van der Waals surface area contributed by atoms with E-state index in [0.29, 0.717) is 11.7 Å². The highest BCUT2D eigenvalue weighted by Gasteiger charge is 2.27. The Balaban J connectivity index is 2.01. The molecular formula is C11H18O. The predicted octanol–water partition coefficient (Wildman–Crippen LogP) is 2.94. The quantitative estimate of drug-likeness (QED) is 0.540. The Bertz CT molecular complexity index is 174. The lowest BCUT2D eigenvalue weighted by Crippen LogP contribution is -2.24. The van der Waals surface area contributed by atoms with Crippen LogP contribution in [-0.4, -0.2) is 5.78 Å². The largest absolute Gasteiger partial charge is 0.299 e. The maximum atomic E-state index is 11.6. The van der Waals surface area contributed by atoms with E-state index in [1.165, 1.54) is 38.5 Å². The second kappa shape index (κ2) is 3.59. The van der Waals surface area contributed by atoms with Crippen molar-refractivity contribution < 1.29 is 4.79 Å². The second-order valence-corrected chi connectivity index (χ2v) is 4.44. The van der Waals surface area contributed by atoms with Gasteiger partial charge in [0.1, 0.15) is 5.78 Å². The zero-order valence-electron chi connectivity index (χ0n) is 7.72. The van der Waals surface area contributed by atoms with Crippen LogP contribution in [0.3, 0.4) is 0 Å². The van der Waals surface area contributed by atoms with E-state index in [9.17, 15) is 4.79 Å². The van der Waals surface area contributed by atoms with Crippen LogP contribution < -0.4 is 0 Å². The standard InChI is InChI=1S/C11H18O/c12-11-7-2-1-4-9-5-3-6-10(11)8-9/h9-10H,1-8H2/t9?,10-/m1/s1. The van der Waals surface area contributed by atoms with Crippen molar-refractivity contribution in [2.45, 2.75) is 51.4 Å². The molecule has 2 saturated carbocycles. The number of hydrogen-bond acceptors (Lipinski definition) is 1. The smallest absolute Gasteiger partial charge is 0.135 e. The molecule has 0 spiro atoms. The molecule has 2 fully saturated rings. The molecule has 0 aliphatic heterocycles. The van der Waals surface area contributed by atoms with E-state index in [1.54, 1.807) is 0 Å². The maximum absolute atomic E-state index is 11.6. The summed E-state index contributed by atoms with van der Waals surface area (Å²) in [5, 5.41) is 0. The summed E-state index contributed by atoms with van der Waals surface area (Å²) in [4.78, 5) is 11.6. The monoisotopic (exact) mass is 166 g/mol. The van der Waals surface area contributed by atoms with Crippen molar-refractivity contribution in [3.05, 3.63) is 0 Å². The van der Waals surface area contributed by atoms with Gasteiger partial charge >= 0.3 is 0 Å². The first-order valence-corrected chi connectivity index (χ1v) is 5.39. The van der Waals surface area contributed by atoms with Crippen LogP contribution in [0.1, 0.15) is 51.4 Å². The molecule has 2 aliphatic rings. The molecule has 1 heteroatoms. The number of Topliss-reactive ketones (excluding diaryl/α,β-unsaturated/α-hetero) is 1. The summed E-state index contributed by atoms with van der Waals surface area (Å²) in [6.45, 7) is 0. The summed E-state index contributed by atoms with van der Waals surface area (Å²) in [7, 11) is 0.